The van der Waals surface area contributed by atoms with E-state index in [0.29, 0.717) is 19.0 Å². The van der Waals surface area contributed by atoms with E-state index in [-0.39, 0.29) is 28.6 Å². The Balaban J connectivity index is 0.000000201. The van der Waals surface area contributed by atoms with Gasteiger partial charge < -0.3 is 21.3 Å². The van der Waals surface area contributed by atoms with Gasteiger partial charge in [-0.05, 0) is 69.9 Å². The zero-order valence-electron chi connectivity index (χ0n) is 25.1. The number of hydrogen-bond donors (Lipinski definition) is 2. The summed E-state index contributed by atoms with van der Waals surface area (Å²) in [5.74, 6) is -2.02. The van der Waals surface area contributed by atoms with Gasteiger partial charge >= 0.3 is 0 Å². The van der Waals surface area contributed by atoms with Crippen LogP contribution >= 0.6 is 0 Å². The lowest BCUT2D eigenvalue weighted by molar-refractivity contribution is 0.0987. The van der Waals surface area contributed by atoms with Gasteiger partial charge in [-0.25, -0.2) is 28.7 Å². The van der Waals surface area contributed by atoms with Crippen molar-refractivity contribution >= 4 is 23.7 Å². The lowest BCUT2D eigenvalue weighted by atomic mass is 10.1. The number of piperidine rings is 1. The smallest absolute Gasteiger partial charge is 0.267 e. The van der Waals surface area contributed by atoms with Crippen LogP contribution < -0.4 is 21.3 Å². The molecule has 230 valence electrons. The molecule has 0 aliphatic carbocycles. The van der Waals surface area contributed by atoms with Crippen LogP contribution in [0.1, 0.15) is 59.7 Å². The molecule has 0 saturated carbocycles. The van der Waals surface area contributed by atoms with Crippen molar-refractivity contribution in [1.29, 1.82) is 0 Å². The molecule has 3 heterocycles. The fourth-order valence-electron chi connectivity index (χ4n) is 4.87. The summed E-state index contributed by atoms with van der Waals surface area (Å²) in [6.07, 6.45) is 3.49. The van der Waals surface area contributed by atoms with E-state index in [1.54, 1.807) is 11.0 Å². The molecule has 12 heteroatoms. The normalized spacial score (nSPS) is 12.7. The number of anilines is 2. The molecule has 2 aromatic heterocycles. The molecule has 2 aromatic carbocycles. The number of carbonyl (C=O) groups excluding carboxylic acids is 2. The third-order valence-corrected chi connectivity index (χ3v) is 7.26. The van der Waals surface area contributed by atoms with E-state index >= 15 is 0 Å². The van der Waals surface area contributed by atoms with Crippen LogP contribution in [-0.2, 0) is 0 Å². The third kappa shape index (κ3) is 7.49. The van der Waals surface area contributed by atoms with Crippen molar-refractivity contribution in [2.45, 2.75) is 40.0 Å². The van der Waals surface area contributed by atoms with Crippen LogP contribution in [0.25, 0.3) is 22.5 Å². The van der Waals surface area contributed by atoms with Gasteiger partial charge in [0.05, 0.1) is 17.0 Å². The van der Waals surface area contributed by atoms with Gasteiger partial charge in [0.1, 0.15) is 23.0 Å². The minimum absolute atomic E-state index is 0.0127. The molecule has 44 heavy (non-hydrogen) atoms. The zero-order valence-corrected chi connectivity index (χ0v) is 25.1. The highest BCUT2D eigenvalue weighted by molar-refractivity contribution is 5.93. The second-order valence-electron chi connectivity index (χ2n) is 10.2. The molecule has 1 aliphatic heterocycles. The van der Waals surface area contributed by atoms with Crippen LogP contribution in [0.5, 0.6) is 0 Å². The number of rotatable bonds is 8. The maximum absolute atomic E-state index is 13.9. The van der Waals surface area contributed by atoms with E-state index < -0.39 is 23.4 Å². The molecule has 0 spiro atoms. The minimum atomic E-state index is -0.784. The Labute approximate surface area is 255 Å². The van der Waals surface area contributed by atoms with Crippen molar-refractivity contribution in [2.75, 3.05) is 36.0 Å². The molecule has 4 aromatic rings. The molecule has 1 saturated heterocycles. The third-order valence-electron chi connectivity index (χ3n) is 7.26. The Morgan fingerprint density at radius 2 is 1.39 bits per heavy atom. The number of aromatic nitrogens is 4. The van der Waals surface area contributed by atoms with Crippen LogP contribution in [-0.4, -0.2) is 57.9 Å². The van der Waals surface area contributed by atoms with Crippen molar-refractivity contribution in [1.82, 2.24) is 19.9 Å². The number of carbonyl (C=O) groups is 2. The molecule has 0 atom stereocenters. The van der Waals surface area contributed by atoms with Gasteiger partial charge in [-0.1, -0.05) is 30.3 Å². The highest BCUT2D eigenvalue weighted by Gasteiger charge is 2.20. The molecule has 4 N–H and O–H groups in total. The number of primary amides is 2. The lowest BCUT2D eigenvalue weighted by Gasteiger charge is -2.27. The van der Waals surface area contributed by atoms with Crippen LogP contribution in [0.4, 0.5) is 20.7 Å². The molecule has 1 fully saturated rings. The van der Waals surface area contributed by atoms with E-state index in [0.717, 1.165) is 54.9 Å². The van der Waals surface area contributed by atoms with Crippen molar-refractivity contribution in [3.63, 3.8) is 0 Å². The number of aryl methyl sites for hydroxylation is 1. The van der Waals surface area contributed by atoms with E-state index in [1.165, 1.54) is 18.6 Å². The van der Waals surface area contributed by atoms with Crippen LogP contribution in [0, 0.1) is 18.6 Å². The van der Waals surface area contributed by atoms with Crippen molar-refractivity contribution in [2.24, 2.45) is 11.5 Å². The van der Waals surface area contributed by atoms with Gasteiger partial charge in [-0.3, -0.25) is 9.59 Å². The molecular formula is C32H36F2N8O2. The largest absolute Gasteiger partial charge is 0.364 e. The molecule has 10 nitrogen and oxygen atoms in total. The summed E-state index contributed by atoms with van der Waals surface area (Å²) in [5, 5.41) is 0. The Hall–Kier alpha value is -5.00. The quantitative estimate of drug-likeness (QED) is 0.290. The topological polar surface area (TPSA) is 144 Å². The number of nitrogens with two attached hydrogens (primary N) is 2. The number of amides is 2. The fourth-order valence-corrected chi connectivity index (χ4v) is 4.87. The average molecular weight is 603 g/mol. The predicted molar refractivity (Wildman–Crippen MR) is 166 cm³/mol. The van der Waals surface area contributed by atoms with E-state index in [2.05, 4.69) is 24.8 Å². The summed E-state index contributed by atoms with van der Waals surface area (Å²) in [6.45, 7) is 8.81. The SMILES string of the molecule is CCN(CC)c1nc(C(N)=O)cc(-c2c(F)cccc2F)n1.Cc1ccccc1-c1cc(C(N)=O)nc(N2CCCCC2)n1. The Kier molecular flexibility index (Phi) is 10.5. The van der Waals surface area contributed by atoms with Crippen LogP contribution in [0.2, 0.25) is 0 Å². The number of benzene rings is 2. The standard InChI is InChI=1S/C17H20N4O.C15H16F2N4O/c1-12-7-3-4-8-13(12)14-11-15(16(18)22)20-17(19-14)21-9-5-2-6-10-21;1-3-21(4-2)15-19-11(8-12(20-15)14(18)22)13-9(16)6-5-7-10(13)17/h3-4,7-8,11H,2,5-6,9-10H2,1H3,(H2,18,22);5-8H,3-4H2,1-2H3,(H2,18,22). The van der Waals surface area contributed by atoms with Crippen LogP contribution in [0.3, 0.4) is 0 Å². The monoisotopic (exact) mass is 602 g/mol. The van der Waals surface area contributed by atoms with E-state index in [4.69, 9.17) is 11.5 Å². The highest BCUT2D eigenvalue weighted by Crippen LogP contribution is 2.27. The average Bonchev–Trinajstić information content (AvgIpc) is 3.02. The van der Waals surface area contributed by atoms with Crippen molar-refractivity contribution in [3.05, 3.63) is 83.2 Å². The summed E-state index contributed by atoms with van der Waals surface area (Å²) in [4.78, 5) is 44.2. The fraction of sp³-hybridized carbons (Fsp3) is 0.312. The first-order chi connectivity index (χ1) is 21.1. The van der Waals surface area contributed by atoms with E-state index in [1.807, 2.05) is 45.0 Å². The molecule has 1 aliphatic rings. The minimum Gasteiger partial charge on any atom is -0.364 e. The van der Waals surface area contributed by atoms with Gasteiger partial charge in [-0.15, -0.1) is 0 Å². The molecule has 0 unspecified atom stereocenters. The molecule has 2 amide bonds. The Morgan fingerprint density at radius 3 is 1.98 bits per heavy atom. The molecule has 0 radical (unpaired) electrons. The maximum atomic E-state index is 13.9. The number of nitrogens with zero attached hydrogens (tertiary/aromatic N) is 6. The first-order valence-corrected chi connectivity index (χ1v) is 14.5. The first kappa shape index (κ1) is 31.9. The van der Waals surface area contributed by atoms with Gasteiger partial charge in [0.25, 0.3) is 11.8 Å². The summed E-state index contributed by atoms with van der Waals surface area (Å²) < 4.78 is 27.9. The predicted octanol–water partition coefficient (Wildman–Crippen LogP) is 4.91. The van der Waals surface area contributed by atoms with E-state index in [9.17, 15) is 18.4 Å². The maximum Gasteiger partial charge on any atom is 0.267 e. The second kappa shape index (κ2) is 14.5. The zero-order chi connectivity index (χ0) is 31.8. The Morgan fingerprint density at radius 1 is 0.795 bits per heavy atom. The molecule has 0 bridgehead atoms. The number of halogens is 2. The summed E-state index contributed by atoms with van der Waals surface area (Å²) >= 11 is 0. The van der Waals surface area contributed by atoms with Gasteiger partial charge in [0.15, 0.2) is 0 Å². The summed E-state index contributed by atoms with van der Waals surface area (Å²) in [5.41, 5.74) is 13.4. The summed E-state index contributed by atoms with van der Waals surface area (Å²) in [7, 11) is 0. The molecule has 5 rings (SSSR count). The van der Waals surface area contributed by atoms with Crippen molar-refractivity contribution in [3.8, 4) is 22.5 Å². The lowest BCUT2D eigenvalue weighted by Crippen LogP contribution is -2.31. The second-order valence-corrected chi connectivity index (χ2v) is 10.2. The Bertz CT molecular complexity index is 1620. The van der Waals surface area contributed by atoms with Crippen molar-refractivity contribution < 1.29 is 18.4 Å². The van der Waals surface area contributed by atoms with Crippen LogP contribution in [0.15, 0.2) is 54.6 Å². The first-order valence-electron chi connectivity index (χ1n) is 14.5. The molecular weight excluding hydrogens is 566 g/mol. The van der Waals surface area contributed by atoms with Gasteiger partial charge in [0, 0.05) is 31.7 Å². The number of hydrogen-bond acceptors (Lipinski definition) is 8. The van der Waals surface area contributed by atoms with Gasteiger partial charge in [0.2, 0.25) is 11.9 Å². The highest BCUT2D eigenvalue weighted by atomic mass is 19.1. The summed E-state index contributed by atoms with van der Waals surface area (Å²) in [6, 6.07) is 14.4. The van der Waals surface area contributed by atoms with Gasteiger partial charge in [-0.2, -0.15) is 0 Å².